The number of carbonyl (C=O) groups excluding carboxylic acids is 2. The van der Waals surface area contributed by atoms with Gasteiger partial charge in [0.25, 0.3) is 0 Å². The summed E-state index contributed by atoms with van der Waals surface area (Å²) < 4.78 is 5.99. The van der Waals surface area contributed by atoms with E-state index in [-0.39, 0.29) is 28.9 Å². The third-order valence-electron chi connectivity index (χ3n) is 5.51. The predicted molar refractivity (Wildman–Crippen MR) is 91.2 cm³/mol. The molecule has 0 aromatic carbocycles. The number of carbonyl (C=O) groups is 2. The van der Waals surface area contributed by atoms with Crippen molar-refractivity contribution >= 4 is 11.8 Å². The molecule has 2 saturated carbocycles. The SMILES string of the molecule is CC(NC(=O)C1CCC(OCC2CCC([N+](=O)[O-])CC2)CC1)C(N)=O. The van der Waals surface area contributed by atoms with Crippen molar-refractivity contribution in [2.75, 3.05) is 6.61 Å². The van der Waals surface area contributed by atoms with Crippen LogP contribution in [0.15, 0.2) is 0 Å². The third kappa shape index (κ3) is 5.95. The fourth-order valence-electron chi connectivity index (χ4n) is 3.69. The summed E-state index contributed by atoms with van der Waals surface area (Å²) in [7, 11) is 0. The van der Waals surface area contributed by atoms with Crippen LogP contribution in [0.2, 0.25) is 0 Å². The molecular formula is C17H29N3O5. The predicted octanol–water partition coefficient (Wildman–Crippen LogP) is 1.39. The van der Waals surface area contributed by atoms with Crippen molar-refractivity contribution in [1.82, 2.24) is 5.32 Å². The molecule has 8 heteroatoms. The highest BCUT2D eigenvalue weighted by Gasteiger charge is 2.31. The summed E-state index contributed by atoms with van der Waals surface area (Å²) >= 11 is 0. The van der Waals surface area contributed by atoms with Crippen LogP contribution < -0.4 is 11.1 Å². The molecule has 1 atom stereocenters. The van der Waals surface area contributed by atoms with Crippen LogP contribution in [0.5, 0.6) is 0 Å². The maximum absolute atomic E-state index is 12.1. The molecule has 0 aromatic rings. The quantitative estimate of drug-likeness (QED) is 0.527. The number of nitro groups is 1. The second-order valence-electron chi connectivity index (χ2n) is 7.40. The molecule has 2 aliphatic carbocycles. The number of hydrogen-bond acceptors (Lipinski definition) is 5. The summed E-state index contributed by atoms with van der Waals surface area (Å²) in [5.74, 6) is -0.314. The van der Waals surface area contributed by atoms with Gasteiger partial charge in [0.1, 0.15) is 6.04 Å². The standard InChI is InChI=1S/C17H29N3O5/c1-11(16(18)21)19-17(22)13-4-8-15(9-5-13)25-10-12-2-6-14(7-3-12)20(23)24/h11-15H,2-10H2,1H3,(H2,18,21)(H,19,22). The second-order valence-corrected chi connectivity index (χ2v) is 7.40. The fourth-order valence-corrected chi connectivity index (χ4v) is 3.69. The van der Waals surface area contributed by atoms with Gasteiger partial charge in [-0.25, -0.2) is 0 Å². The molecule has 0 bridgehead atoms. The topological polar surface area (TPSA) is 125 Å². The van der Waals surface area contributed by atoms with Gasteiger partial charge >= 0.3 is 0 Å². The third-order valence-corrected chi connectivity index (χ3v) is 5.51. The maximum Gasteiger partial charge on any atom is 0.239 e. The van der Waals surface area contributed by atoms with Gasteiger partial charge < -0.3 is 15.8 Å². The summed E-state index contributed by atoms with van der Waals surface area (Å²) in [6, 6.07) is -1.02. The van der Waals surface area contributed by atoms with Crippen molar-refractivity contribution in [3.8, 4) is 0 Å². The molecule has 0 spiro atoms. The van der Waals surface area contributed by atoms with Crippen LogP contribution in [-0.4, -0.2) is 41.5 Å². The molecule has 2 fully saturated rings. The van der Waals surface area contributed by atoms with Crippen LogP contribution in [0.3, 0.4) is 0 Å². The first-order valence-electron chi connectivity index (χ1n) is 9.21. The molecule has 0 aromatic heterocycles. The molecule has 0 aliphatic heterocycles. The highest BCUT2D eigenvalue weighted by atomic mass is 16.6. The summed E-state index contributed by atoms with van der Waals surface area (Å²) in [6.07, 6.45) is 6.30. The maximum atomic E-state index is 12.1. The van der Waals surface area contributed by atoms with Crippen molar-refractivity contribution in [3.63, 3.8) is 0 Å². The average molecular weight is 355 g/mol. The Kier molecular flexibility index (Phi) is 7.16. The molecular weight excluding hydrogens is 326 g/mol. The first kappa shape index (κ1) is 19.6. The minimum atomic E-state index is -0.643. The van der Waals surface area contributed by atoms with Gasteiger partial charge in [-0.1, -0.05) is 0 Å². The molecule has 0 heterocycles. The van der Waals surface area contributed by atoms with E-state index in [9.17, 15) is 19.7 Å². The van der Waals surface area contributed by atoms with Gasteiger partial charge in [-0.2, -0.15) is 0 Å². The number of nitrogens with zero attached hydrogens (tertiary/aromatic N) is 1. The summed E-state index contributed by atoms with van der Waals surface area (Å²) in [6.45, 7) is 2.24. The van der Waals surface area contributed by atoms with E-state index in [1.54, 1.807) is 6.92 Å². The zero-order valence-electron chi connectivity index (χ0n) is 14.8. The molecule has 142 valence electrons. The smallest absolute Gasteiger partial charge is 0.239 e. The summed E-state index contributed by atoms with van der Waals surface area (Å²) in [5, 5.41) is 13.4. The number of amides is 2. The molecule has 1 unspecified atom stereocenters. The molecule has 2 aliphatic rings. The number of hydrogen-bond donors (Lipinski definition) is 2. The van der Waals surface area contributed by atoms with Gasteiger partial charge in [0, 0.05) is 30.3 Å². The lowest BCUT2D eigenvalue weighted by atomic mass is 9.85. The van der Waals surface area contributed by atoms with Gasteiger partial charge in [-0.3, -0.25) is 19.7 Å². The van der Waals surface area contributed by atoms with Gasteiger partial charge in [0.2, 0.25) is 17.9 Å². The van der Waals surface area contributed by atoms with E-state index in [0.717, 1.165) is 38.5 Å². The van der Waals surface area contributed by atoms with E-state index in [4.69, 9.17) is 10.5 Å². The number of primary amides is 1. The highest BCUT2D eigenvalue weighted by Crippen LogP contribution is 2.30. The van der Waals surface area contributed by atoms with Gasteiger partial charge in [-0.15, -0.1) is 0 Å². The zero-order valence-corrected chi connectivity index (χ0v) is 14.8. The van der Waals surface area contributed by atoms with Crippen LogP contribution in [-0.2, 0) is 14.3 Å². The minimum absolute atomic E-state index is 0.0859. The first-order valence-corrected chi connectivity index (χ1v) is 9.21. The van der Waals surface area contributed by atoms with Crippen LogP contribution >= 0.6 is 0 Å². The van der Waals surface area contributed by atoms with Crippen molar-refractivity contribution in [2.45, 2.75) is 76.5 Å². The Morgan fingerprint density at radius 3 is 2.28 bits per heavy atom. The lowest BCUT2D eigenvalue weighted by Crippen LogP contribution is -2.45. The Morgan fingerprint density at radius 2 is 1.76 bits per heavy atom. The zero-order chi connectivity index (χ0) is 18.4. The largest absolute Gasteiger partial charge is 0.378 e. The van der Waals surface area contributed by atoms with Gasteiger partial charge in [0.15, 0.2) is 0 Å². The van der Waals surface area contributed by atoms with E-state index >= 15 is 0 Å². The molecule has 8 nitrogen and oxygen atoms in total. The number of nitrogens with one attached hydrogen (secondary N) is 1. The number of rotatable bonds is 7. The van der Waals surface area contributed by atoms with E-state index in [1.165, 1.54) is 0 Å². The molecule has 2 amide bonds. The molecule has 25 heavy (non-hydrogen) atoms. The molecule has 3 N–H and O–H groups in total. The van der Waals surface area contributed by atoms with Crippen LogP contribution in [0, 0.1) is 22.0 Å². The Hall–Kier alpha value is -1.70. The van der Waals surface area contributed by atoms with Crippen LogP contribution in [0.1, 0.15) is 58.3 Å². The van der Waals surface area contributed by atoms with E-state index in [2.05, 4.69) is 5.32 Å². The highest BCUT2D eigenvalue weighted by molar-refractivity contribution is 5.87. The number of nitrogens with two attached hydrogens (primary N) is 1. The minimum Gasteiger partial charge on any atom is -0.378 e. The normalized spacial score (nSPS) is 31.1. The van der Waals surface area contributed by atoms with Crippen molar-refractivity contribution in [2.24, 2.45) is 17.6 Å². The Bertz CT molecular complexity index is 483. The van der Waals surface area contributed by atoms with E-state index in [1.807, 2.05) is 0 Å². The van der Waals surface area contributed by atoms with E-state index in [0.29, 0.717) is 25.4 Å². The van der Waals surface area contributed by atoms with Crippen LogP contribution in [0.25, 0.3) is 0 Å². The summed E-state index contributed by atoms with van der Waals surface area (Å²) in [4.78, 5) is 33.7. The van der Waals surface area contributed by atoms with Crippen molar-refractivity contribution in [1.29, 1.82) is 0 Å². The fraction of sp³-hybridized carbons (Fsp3) is 0.882. The first-order chi connectivity index (χ1) is 11.9. The summed E-state index contributed by atoms with van der Waals surface area (Å²) in [5.41, 5.74) is 5.16. The van der Waals surface area contributed by atoms with Crippen LogP contribution in [0.4, 0.5) is 0 Å². The monoisotopic (exact) mass is 355 g/mol. The Morgan fingerprint density at radius 1 is 1.16 bits per heavy atom. The van der Waals surface area contributed by atoms with E-state index < -0.39 is 11.9 Å². The molecule has 0 radical (unpaired) electrons. The van der Waals surface area contributed by atoms with Gasteiger partial charge in [0.05, 0.1) is 6.10 Å². The molecule has 2 rings (SSSR count). The average Bonchev–Trinajstić information content (AvgIpc) is 2.60. The van der Waals surface area contributed by atoms with Crippen molar-refractivity contribution < 1.29 is 19.2 Å². The second kappa shape index (κ2) is 9.12. The lowest BCUT2D eigenvalue weighted by Gasteiger charge is -2.30. The van der Waals surface area contributed by atoms with Gasteiger partial charge in [-0.05, 0) is 51.4 Å². The number of ether oxygens (including phenoxy) is 1. The Labute approximate surface area is 148 Å². The molecule has 0 saturated heterocycles. The Balaban J connectivity index is 1.63. The lowest BCUT2D eigenvalue weighted by molar-refractivity contribution is -0.527. The van der Waals surface area contributed by atoms with Crippen molar-refractivity contribution in [3.05, 3.63) is 10.1 Å².